The number of hydrogen-bond donors (Lipinski definition) is 1. The van der Waals surface area contributed by atoms with E-state index in [1.807, 2.05) is 69.3 Å². The van der Waals surface area contributed by atoms with Crippen LogP contribution in [0.2, 0.25) is 5.02 Å². The van der Waals surface area contributed by atoms with E-state index in [4.69, 9.17) is 11.6 Å². The Balaban J connectivity index is 1.59. The summed E-state index contributed by atoms with van der Waals surface area (Å²) in [5.41, 5.74) is 4.53. The van der Waals surface area contributed by atoms with Gasteiger partial charge in [0.1, 0.15) is 12.6 Å². The third-order valence-corrected chi connectivity index (χ3v) is 11.0. The highest BCUT2D eigenvalue weighted by molar-refractivity contribution is 7.92. The van der Waals surface area contributed by atoms with Crippen LogP contribution in [-0.2, 0) is 32.6 Å². The van der Waals surface area contributed by atoms with Gasteiger partial charge in [-0.2, -0.15) is 0 Å². The first-order chi connectivity index (χ1) is 23.0. The molecule has 9 heteroatoms. The van der Waals surface area contributed by atoms with Crippen molar-refractivity contribution in [2.75, 3.05) is 10.8 Å². The SMILES string of the molecule is Cc1ccc(S(=O)(=O)N(CC(=O)N(Cc2cccc(Cl)c2)[C@@H](Cc2ccccc2)C(=O)NC2CCCCC2)c2cc(C)ccc2C)cc1. The molecule has 48 heavy (non-hydrogen) atoms. The fraction of sp³-hybridized carbons (Fsp3) is 0.333. The third-order valence-electron chi connectivity index (χ3n) is 8.99. The van der Waals surface area contributed by atoms with Gasteiger partial charge in [0.25, 0.3) is 10.0 Å². The predicted octanol–water partition coefficient (Wildman–Crippen LogP) is 7.55. The van der Waals surface area contributed by atoms with Gasteiger partial charge < -0.3 is 10.2 Å². The average molecular weight is 686 g/mol. The van der Waals surface area contributed by atoms with Crippen LogP contribution in [0, 0.1) is 20.8 Å². The third kappa shape index (κ3) is 8.85. The second-order valence-electron chi connectivity index (χ2n) is 12.8. The number of carbonyl (C=O) groups is 2. The number of anilines is 1. The molecule has 7 nitrogen and oxygen atoms in total. The zero-order chi connectivity index (χ0) is 34.3. The molecule has 0 bridgehead atoms. The molecule has 0 unspecified atom stereocenters. The maximum Gasteiger partial charge on any atom is 0.264 e. The molecule has 0 aliphatic heterocycles. The van der Waals surface area contributed by atoms with E-state index in [1.54, 1.807) is 48.5 Å². The standard InChI is InChI=1S/C39H44ClN3O4S/c1-28-18-21-35(22-19-28)48(46,47)43(36-23-29(2)17-20-30(36)3)27-38(44)42(26-32-13-10-14-33(40)24-32)37(25-31-11-6-4-7-12-31)39(45)41-34-15-8-5-9-16-34/h4,6-7,10-14,17-24,34,37H,5,8-9,15-16,25-27H2,1-3H3,(H,41,45)/t37-/m0/s1. The lowest BCUT2D eigenvalue weighted by molar-refractivity contribution is -0.140. The van der Waals surface area contributed by atoms with E-state index in [1.165, 1.54) is 9.21 Å². The summed E-state index contributed by atoms with van der Waals surface area (Å²) >= 11 is 6.37. The van der Waals surface area contributed by atoms with Crippen molar-refractivity contribution in [2.45, 2.75) is 82.8 Å². The highest BCUT2D eigenvalue weighted by Crippen LogP contribution is 2.29. The van der Waals surface area contributed by atoms with Crippen molar-refractivity contribution in [1.29, 1.82) is 0 Å². The van der Waals surface area contributed by atoms with Crippen molar-refractivity contribution < 1.29 is 18.0 Å². The molecule has 4 aromatic rings. The highest BCUT2D eigenvalue weighted by Gasteiger charge is 2.36. The topological polar surface area (TPSA) is 86.8 Å². The van der Waals surface area contributed by atoms with Crippen molar-refractivity contribution >= 4 is 39.1 Å². The molecule has 0 heterocycles. The van der Waals surface area contributed by atoms with E-state index in [-0.39, 0.29) is 29.8 Å². The van der Waals surface area contributed by atoms with E-state index < -0.39 is 28.5 Å². The van der Waals surface area contributed by atoms with E-state index in [2.05, 4.69) is 5.32 Å². The molecule has 0 radical (unpaired) electrons. The summed E-state index contributed by atoms with van der Waals surface area (Å²) in [6, 6.07) is 28.1. The number of nitrogens with zero attached hydrogens (tertiary/aromatic N) is 2. The Hall–Kier alpha value is -4.14. The van der Waals surface area contributed by atoms with Crippen molar-refractivity contribution in [2.24, 2.45) is 0 Å². The maximum atomic E-state index is 14.8. The molecular formula is C39H44ClN3O4S. The van der Waals surface area contributed by atoms with Gasteiger partial charge in [-0.05, 0) is 86.2 Å². The van der Waals surface area contributed by atoms with Gasteiger partial charge in [-0.1, -0.05) is 103 Å². The van der Waals surface area contributed by atoms with Crippen LogP contribution >= 0.6 is 11.6 Å². The molecule has 1 aliphatic rings. The number of sulfonamides is 1. The largest absolute Gasteiger partial charge is 0.352 e. The molecule has 1 N–H and O–H groups in total. The number of amides is 2. The Morgan fingerprint density at radius 2 is 1.48 bits per heavy atom. The van der Waals surface area contributed by atoms with E-state index in [0.29, 0.717) is 16.3 Å². The van der Waals surface area contributed by atoms with Crippen LogP contribution in [0.3, 0.4) is 0 Å². The van der Waals surface area contributed by atoms with Crippen LogP contribution < -0.4 is 9.62 Å². The molecule has 0 saturated heterocycles. The number of hydrogen-bond acceptors (Lipinski definition) is 4. The number of rotatable bonds is 12. The minimum Gasteiger partial charge on any atom is -0.352 e. The Kier molecular flexibility index (Phi) is 11.6. The van der Waals surface area contributed by atoms with Crippen LogP contribution in [0.25, 0.3) is 0 Å². The van der Waals surface area contributed by atoms with Crippen LogP contribution in [0.1, 0.15) is 59.9 Å². The first-order valence-electron chi connectivity index (χ1n) is 16.6. The van der Waals surface area contributed by atoms with Crippen LogP contribution in [0.4, 0.5) is 5.69 Å². The fourth-order valence-corrected chi connectivity index (χ4v) is 7.95. The van der Waals surface area contributed by atoms with Gasteiger partial charge in [0.05, 0.1) is 10.6 Å². The van der Waals surface area contributed by atoms with Crippen molar-refractivity contribution in [3.8, 4) is 0 Å². The van der Waals surface area contributed by atoms with Crippen molar-refractivity contribution in [3.05, 3.63) is 130 Å². The van der Waals surface area contributed by atoms with Crippen molar-refractivity contribution in [1.82, 2.24) is 10.2 Å². The van der Waals surface area contributed by atoms with Crippen LogP contribution in [0.5, 0.6) is 0 Å². The molecule has 0 spiro atoms. The molecule has 2 amide bonds. The maximum absolute atomic E-state index is 14.8. The summed E-state index contributed by atoms with van der Waals surface area (Å²) in [6.07, 6.45) is 5.27. The van der Waals surface area contributed by atoms with E-state index in [0.717, 1.165) is 54.4 Å². The Labute approximate surface area is 290 Å². The summed E-state index contributed by atoms with van der Waals surface area (Å²) in [4.78, 5) is 30.7. The minimum absolute atomic E-state index is 0.0287. The Morgan fingerprint density at radius 3 is 2.17 bits per heavy atom. The van der Waals surface area contributed by atoms with Crippen molar-refractivity contribution in [3.63, 3.8) is 0 Å². The molecule has 1 atom stereocenters. The Bertz CT molecular complexity index is 1820. The summed E-state index contributed by atoms with van der Waals surface area (Å²) < 4.78 is 30.0. The summed E-state index contributed by atoms with van der Waals surface area (Å²) in [5, 5.41) is 3.75. The quantitative estimate of drug-likeness (QED) is 0.167. The second-order valence-corrected chi connectivity index (χ2v) is 15.1. The van der Waals surface area contributed by atoms with Gasteiger partial charge in [0.15, 0.2) is 0 Å². The van der Waals surface area contributed by atoms with E-state index in [9.17, 15) is 18.0 Å². The first-order valence-corrected chi connectivity index (χ1v) is 18.4. The van der Waals surface area contributed by atoms with E-state index >= 15 is 0 Å². The van der Waals surface area contributed by atoms with Crippen LogP contribution in [0.15, 0.2) is 102 Å². The summed E-state index contributed by atoms with van der Waals surface area (Å²) in [6.45, 7) is 5.18. The van der Waals surface area contributed by atoms with Gasteiger partial charge in [-0.3, -0.25) is 13.9 Å². The molecule has 252 valence electrons. The molecule has 1 fully saturated rings. The van der Waals surface area contributed by atoms with Gasteiger partial charge in [-0.15, -0.1) is 0 Å². The van der Waals surface area contributed by atoms with Gasteiger partial charge >= 0.3 is 0 Å². The second kappa shape index (κ2) is 15.8. The monoisotopic (exact) mass is 685 g/mol. The lowest BCUT2D eigenvalue weighted by Gasteiger charge is -2.35. The number of aryl methyl sites for hydroxylation is 3. The lowest BCUT2D eigenvalue weighted by Crippen LogP contribution is -2.55. The minimum atomic E-state index is -4.18. The number of benzene rings is 4. The first kappa shape index (κ1) is 35.2. The van der Waals surface area contributed by atoms with Gasteiger partial charge in [-0.25, -0.2) is 8.42 Å². The Morgan fingerprint density at radius 1 is 0.812 bits per heavy atom. The van der Waals surface area contributed by atoms with Gasteiger partial charge in [0, 0.05) is 24.0 Å². The number of nitrogens with one attached hydrogen (secondary N) is 1. The average Bonchev–Trinajstić information content (AvgIpc) is 3.07. The van der Waals surface area contributed by atoms with Gasteiger partial charge in [0.2, 0.25) is 11.8 Å². The number of halogens is 1. The molecule has 0 aromatic heterocycles. The summed E-state index contributed by atoms with van der Waals surface area (Å²) in [7, 11) is -4.18. The molecular weight excluding hydrogens is 642 g/mol. The smallest absolute Gasteiger partial charge is 0.264 e. The fourth-order valence-electron chi connectivity index (χ4n) is 6.27. The molecule has 4 aromatic carbocycles. The molecule has 5 rings (SSSR count). The lowest BCUT2D eigenvalue weighted by atomic mass is 9.94. The molecule has 1 saturated carbocycles. The predicted molar refractivity (Wildman–Crippen MR) is 193 cm³/mol. The molecule has 1 aliphatic carbocycles. The summed E-state index contributed by atoms with van der Waals surface area (Å²) in [5.74, 6) is -0.743. The normalized spacial score (nSPS) is 14.2. The zero-order valence-electron chi connectivity index (χ0n) is 27.9. The zero-order valence-corrected chi connectivity index (χ0v) is 29.4. The highest BCUT2D eigenvalue weighted by atomic mass is 35.5. The van der Waals surface area contributed by atoms with Crippen LogP contribution in [-0.4, -0.2) is 43.8 Å². The number of carbonyl (C=O) groups excluding carboxylic acids is 2.